The molecule has 0 atom stereocenters. The summed E-state index contributed by atoms with van der Waals surface area (Å²) in [6.45, 7) is 6.19. The number of anilines is 3. The van der Waals surface area contributed by atoms with E-state index >= 15 is 0 Å². The second kappa shape index (κ2) is 8.68. The number of nitrogens with one attached hydrogen (secondary N) is 1. The Kier molecular flexibility index (Phi) is 5.48. The predicted octanol–water partition coefficient (Wildman–Crippen LogP) is 5.09. The van der Waals surface area contributed by atoms with Gasteiger partial charge in [-0.05, 0) is 56.6 Å². The molecule has 3 aromatic rings. The van der Waals surface area contributed by atoms with E-state index in [4.69, 9.17) is 4.99 Å². The number of likely N-dealkylation sites (N-methyl/N-ethyl adjacent to an activating group) is 1. The second-order valence-electron chi connectivity index (χ2n) is 9.93. The molecular formula is C27H30FN7. The van der Waals surface area contributed by atoms with Gasteiger partial charge >= 0.3 is 0 Å². The zero-order valence-electron chi connectivity index (χ0n) is 20.3. The molecule has 2 aromatic heterocycles. The Hall–Kier alpha value is -3.39. The van der Waals surface area contributed by atoms with Crippen molar-refractivity contribution >= 4 is 28.9 Å². The van der Waals surface area contributed by atoms with Gasteiger partial charge < -0.3 is 15.1 Å². The Balaban J connectivity index is 1.24. The average molecular weight is 472 g/mol. The van der Waals surface area contributed by atoms with E-state index in [2.05, 4.69) is 56.2 Å². The lowest BCUT2D eigenvalue weighted by Gasteiger charge is -2.33. The number of aromatic nitrogens is 3. The lowest BCUT2D eigenvalue weighted by molar-refractivity contribution is 0.313. The second-order valence-corrected chi connectivity index (χ2v) is 9.93. The van der Waals surface area contributed by atoms with Crippen LogP contribution in [0.1, 0.15) is 38.2 Å². The molecule has 2 fully saturated rings. The van der Waals surface area contributed by atoms with Crippen LogP contribution in [0, 0.1) is 5.82 Å². The highest BCUT2D eigenvalue weighted by molar-refractivity contribution is 6.01. The smallest absolute Gasteiger partial charge is 0.229 e. The molecule has 4 heterocycles. The van der Waals surface area contributed by atoms with Gasteiger partial charge in [0.15, 0.2) is 5.82 Å². The first-order valence-corrected chi connectivity index (χ1v) is 12.4. The monoisotopic (exact) mass is 471 g/mol. The minimum Gasteiger partial charge on any atom is -0.368 e. The fourth-order valence-electron chi connectivity index (χ4n) is 5.71. The van der Waals surface area contributed by atoms with Crippen molar-refractivity contribution in [3.63, 3.8) is 0 Å². The Morgan fingerprint density at radius 2 is 1.77 bits per heavy atom. The third kappa shape index (κ3) is 3.95. The minimum atomic E-state index is -0.440. The lowest BCUT2D eigenvalue weighted by Crippen LogP contribution is -2.44. The fourth-order valence-corrected chi connectivity index (χ4v) is 5.71. The molecule has 3 aliphatic rings. The summed E-state index contributed by atoms with van der Waals surface area (Å²) in [5, 5.41) is 3.14. The number of piperazine rings is 1. The normalized spacial score (nSPS) is 19.2. The van der Waals surface area contributed by atoms with E-state index in [9.17, 15) is 4.39 Å². The van der Waals surface area contributed by atoms with Gasteiger partial charge in [0.1, 0.15) is 11.5 Å². The van der Waals surface area contributed by atoms with E-state index in [0.717, 1.165) is 56.0 Å². The number of aliphatic imine (C=N–C) groups is 1. The number of fused-ring (bicyclic) bond motifs is 2. The van der Waals surface area contributed by atoms with Crippen molar-refractivity contribution in [1.82, 2.24) is 19.9 Å². The quantitative estimate of drug-likeness (QED) is 0.572. The Morgan fingerprint density at radius 3 is 2.51 bits per heavy atom. The number of hydrogen-bond donors (Lipinski definition) is 1. The number of pyridine rings is 1. The number of hydrogen-bond acceptors (Lipinski definition) is 7. The third-order valence-electron chi connectivity index (χ3n) is 7.82. The van der Waals surface area contributed by atoms with Crippen molar-refractivity contribution in [2.45, 2.75) is 38.0 Å². The van der Waals surface area contributed by atoms with Crippen molar-refractivity contribution in [3.05, 3.63) is 54.1 Å². The van der Waals surface area contributed by atoms with Gasteiger partial charge in [-0.25, -0.2) is 19.3 Å². The Bertz CT molecular complexity index is 1270. The van der Waals surface area contributed by atoms with Gasteiger partial charge in [-0.3, -0.25) is 4.99 Å². The van der Waals surface area contributed by atoms with Crippen LogP contribution in [0.25, 0.3) is 11.3 Å². The SMILES string of the molecule is CC1=Nc2ccc(-c3nc(Nc4ccc(N5CCN(C)CC5)cn4)ncc3F)cc2C12CCCC2. The number of benzene rings is 1. The standard InChI is InChI=1S/C27H30FN7/c1-18-27(9-3-4-10-27)21-15-19(5-7-23(21)31-18)25-22(28)17-30-26(33-25)32-24-8-6-20(16-29-24)35-13-11-34(2)12-14-35/h5-8,15-17H,3-4,9-14H2,1-2H3,(H,29,30,32,33). The van der Waals surface area contributed by atoms with E-state index in [0.29, 0.717) is 11.8 Å². The fraction of sp³-hybridized carbons (Fsp3) is 0.407. The van der Waals surface area contributed by atoms with Crippen LogP contribution < -0.4 is 10.2 Å². The van der Waals surface area contributed by atoms with Crippen molar-refractivity contribution in [2.75, 3.05) is 43.4 Å². The van der Waals surface area contributed by atoms with Crippen LogP contribution in [-0.2, 0) is 5.41 Å². The van der Waals surface area contributed by atoms with Crippen LogP contribution in [0.3, 0.4) is 0 Å². The highest BCUT2D eigenvalue weighted by Gasteiger charge is 2.43. The molecule has 0 unspecified atom stereocenters. The predicted molar refractivity (Wildman–Crippen MR) is 138 cm³/mol. The van der Waals surface area contributed by atoms with Crippen molar-refractivity contribution in [1.29, 1.82) is 0 Å². The molecule has 1 N–H and O–H groups in total. The van der Waals surface area contributed by atoms with Gasteiger partial charge in [0.05, 0.1) is 23.8 Å². The molecule has 35 heavy (non-hydrogen) atoms. The third-order valence-corrected chi connectivity index (χ3v) is 7.82. The molecule has 0 amide bonds. The molecule has 0 radical (unpaired) electrons. The molecule has 2 aliphatic heterocycles. The number of rotatable bonds is 4. The summed E-state index contributed by atoms with van der Waals surface area (Å²) in [4.78, 5) is 22.7. The number of nitrogens with zero attached hydrogens (tertiary/aromatic N) is 6. The molecule has 6 rings (SSSR count). The van der Waals surface area contributed by atoms with Crippen LogP contribution in [0.2, 0.25) is 0 Å². The van der Waals surface area contributed by atoms with E-state index in [1.165, 1.54) is 30.3 Å². The van der Waals surface area contributed by atoms with Crippen molar-refractivity contribution < 1.29 is 4.39 Å². The average Bonchev–Trinajstić information content (AvgIpc) is 3.47. The molecule has 7 nitrogen and oxygen atoms in total. The van der Waals surface area contributed by atoms with Crippen LogP contribution >= 0.6 is 0 Å². The summed E-state index contributed by atoms with van der Waals surface area (Å²) < 4.78 is 14.9. The van der Waals surface area contributed by atoms with E-state index in [1.807, 2.05) is 24.4 Å². The van der Waals surface area contributed by atoms with Crippen molar-refractivity contribution in [2.24, 2.45) is 4.99 Å². The van der Waals surface area contributed by atoms with Gasteiger partial charge in [-0.15, -0.1) is 0 Å². The zero-order chi connectivity index (χ0) is 24.0. The number of halogens is 1. The topological polar surface area (TPSA) is 69.5 Å². The first-order chi connectivity index (χ1) is 17.0. The molecule has 1 saturated carbocycles. The molecule has 1 saturated heterocycles. The molecular weight excluding hydrogens is 441 g/mol. The Labute approximate surface area is 205 Å². The molecule has 1 aromatic carbocycles. The highest BCUT2D eigenvalue weighted by Crippen LogP contribution is 2.51. The van der Waals surface area contributed by atoms with Crippen LogP contribution in [0.4, 0.5) is 27.5 Å². The van der Waals surface area contributed by atoms with Crippen LogP contribution in [-0.4, -0.2) is 58.8 Å². The van der Waals surface area contributed by atoms with E-state index in [-0.39, 0.29) is 11.1 Å². The molecule has 1 aliphatic carbocycles. The molecule has 8 heteroatoms. The minimum absolute atomic E-state index is 0.00533. The summed E-state index contributed by atoms with van der Waals surface area (Å²) in [6, 6.07) is 9.95. The van der Waals surface area contributed by atoms with Gasteiger partial charge in [0.2, 0.25) is 5.95 Å². The lowest BCUT2D eigenvalue weighted by atomic mass is 9.76. The Morgan fingerprint density at radius 1 is 0.971 bits per heavy atom. The summed E-state index contributed by atoms with van der Waals surface area (Å²) in [5.74, 6) is 0.512. The van der Waals surface area contributed by atoms with Crippen molar-refractivity contribution in [3.8, 4) is 11.3 Å². The van der Waals surface area contributed by atoms with Gasteiger partial charge in [-0.1, -0.05) is 18.9 Å². The largest absolute Gasteiger partial charge is 0.368 e. The maximum atomic E-state index is 14.9. The molecule has 0 bridgehead atoms. The first kappa shape index (κ1) is 22.1. The summed E-state index contributed by atoms with van der Waals surface area (Å²) in [6.07, 6.45) is 7.70. The van der Waals surface area contributed by atoms with E-state index < -0.39 is 5.82 Å². The highest BCUT2D eigenvalue weighted by atomic mass is 19.1. The van der Waals surface area contributed by atoms with Gasteiger partial charge in [0.25, 0.3) is 0 Å². The maximum absolute atomic E-state index is 14.9. The summed E-state index contributed by atoms with van der Waals surface area (Å²) in [7, 11) is 2.14. The molecule has 180 valence electrons. The van der Waals surface area contributed by atoms with E-state index in [1.54, 1.807) is 0 Å². The zero-order valence-corrected chi connectivity index (χ0v) is 20.3. The maximum Gasteiger partial charge on any atom is 0.229 e. The van der Waals surface area contributed by atoms with Gasteiger partial charge in [0, 0.05) is 42.9 Å². The van der Waals surface area contributed by atoms with Crippen LogP contribution in [0.5, 0.6) is 0 Å². The van der Waals surface area contributed by atoms with Gasteiger partial charge in [-0.2, -0.15) is 0 Å². The summed E-state index contributed by atoms with van der Waals surface area (Å²) >= 11 is 0. The first-order valence-electron chi connectivity index (χ1n) is 12.4. The summed E-state index contributed by atoms with van der Waals surface area (Å²) in [5.41, 5.74) is 5.54. The van der Waals surface area contributed by atoms with Crippen LogP contribution in [0.15, 0.2) is 47.7 Å². The molecule has 1 spiro atoms.